The molecule has 1 amide bonds. The minimum Gasteiger partial charge on any atom is -0.350 e. The van der Waals surface area contributed by atoms with Crippen LogP contribution in [0.5, 0.6) is 0 Å². The van der Waals surface area contributed by atoms with E-state index < -0.39 is 4.92 Å². The molecule has 0 aliphatic carbocycles. The summed E-state index contributed by atoms with van der Waals surface area (Å²) in [6.07, 6.45) is 1.01. The smallest absolute Gasteiger partial charge is 0.273 e. The van der Waals surface area contributed by atoms with Gasteiger partial charge in [0, 0.05) is 42.9 Å². The van der Waals surface area contributed by atoms with Crippen LogP contribution in [-0.2, 0) is 13.0 Å². The van der Waals surface area contributed by atoms with Gasteiger partial charge in [-0.2, -0.15) is 0 Å². The lowest BCUT2D eigenvalue weighted by atomic mass is 9.99. The highest BCUT2D eigenvalue weighted by molar-refractivity contribution is 5.96. The van der Waals surface area contributed by atoms with Crippen molar-refractivity contribution >= 4 is 11.6 Å². The van der Waals surface area contributed by atoms with Crippen LogP contribution in [-0.4, -0.2) is 34.9 Å². The highest BCUT2D eigenvalue weighted by Crippen LogP contribution is 2.22. The number of benzene rings is 2. The predicted molar refractivity (Wildman–Crippen MR) is 100 cm³/mol. The van der Waals surface area contributed by atoms with Gasteiger partial charge < -0.3 is 5.32 Å². The number of rotatable bonds is 5. The van der Waals surface area contributed by atoms with Crippen LogP contribution in [0.15, 0.2) is 42.5 Å². The predicted octanol–water partition coefficient (Wildman–Crippen LogP) is 3.08. The Hall–Kier alpha value is -2.73. The lowest BCUT2D eigenvalue weighted by Crippen LogP contribution is -2.44. The van der Waals surface area contributed by atoms with Crippen molar-refractivity contribution in [2.24, 2.45) is 0 Å². The van der Waals surface area contributed by atoms with Gasteiger partial charge in [-0.15, -0.1) is 0 Å². The van der Waals surface area contributed by atoms with Crippen molar-refractivity contribution in [2.75, 3.05) is 13.1 Å². The van der Waals surface area contributed by atoms with Gasteiger partial charge >= 0.3 is 0 Å². The van der Waals surface area contributed by atoms with Crippen molar-refractivity contribution in [3.8, 4) is 0 Å². The Balaban J connectivity index is 1.62. The molecule has 136 valence electrons. The van der Waals surface area contributed by atoms with Gasteiger partial charge in [-0.3, -0.25) is 19.8 Å². The number of nitrogens with zero attached hydrogens (tertiary/aromatic N) is 2. The topological polar surface area (TPSA) is 75.5 Å². The fraction of sp³-hybridized carbons (Fsp3) is 0.350. The Morgan fingerprint density at radius 1 is 1.23 bits per heavy atom. The van der Waals surface area contributed by atoms with Crippen molar-refractivity contribution in [1.29, 1.82) is 0 Å². The Morgan fingerprint density at radius 3 is 2.69 bits per heavy atom. The molecule has 0 saturated heterocycles. The summed E-state index contributed by atoms with van der Waals surface area (Å²) in [5.74, 6) is -0.268. The molecule has 0 radical (unpaired) electrons. The summed E-state index contributed by atoms with van der Waals surface area (Å²) in [7, 11) is 0. The summed E-state index contributed by atoms with van der Waals surface area (Å²) in [5.41, 5.74) is 3.46. The van der Waals surface area contributed by atoms with Gasteiger partial charge in [-0.25, -0.2) is 0 Å². The van der Waals surface area contributed by atoms with E-state index in [2.05, 4.69) is 41.4 Å². The number of nitro groups is 1. The van der Waals surface area contributed by atoms with Gasteiger partial charge in [0.25, 0.3) is 11.6 Å². The van der Waals surface area contributed by atoms with E-state index in [0.717, 1.165) is 19.5 Å². The summed E-state index contributed by atoms with van der Waals surface area (Å²) >= 11 is 0. The third-order valence-corrected chi connectivity index (χ3v) is 5.09. The molecule has 2 aromatic carbocycles. The Bertz CT molecular complexity index is 835. The van der Waals surface area contributed by atoms with E-state index in [0.29, 0.717) is 17.7 Å². The highest BCUT2D eigenvalue weighted by Gasteiger charge is 2.22. The maximum Gasteiger partial charge on any atom is 0.273 e. The molecular weight excluding hydrogens is 330 g/mol. The minimum absolute atomic E-state index is 0.0293. The zero-order valence-electron chi connectivity index (χ0n) is 15.1. The lowest BCUT2D eigenvalue weighted by molar-refractivity contribution is -0.385. The average molecular weight is 353 g/mol. The normalized spacial score (nSPS) is 15.2. The van der Waals surface area contributed by atoms with Crippen molar-refractivity contribution in [3.63, 3.8) is 0 Å². The van der Waals surface area contributed by atoms with E-state index >= 15 is 0 Å². The van der Waals surface area contributed by atoms with Gasteiger partial charge in [-0.05, 0) is 37.5 Å². The second kappa shape index (κ2) is 7.66. The standard InChI is InChI=1S/C20H23N3O3/c1-14(22-11-10-16-6-3-4-7-17(16)13-22)12-21-20(24)18-8-5-9-19(15(18)2)23(25)26/h3-9,14H,10-13H2,1-2H3,(H,21,24). The molecule has 1 atom stereocenters. The van der Waals surface area contributed by atoms with Crippen molar-refractivity contribution in [2.45, 2.75) is 32.9 Å². The van der Waals surface area contributed by atoms with Gasteiger partial charge in [0.1, 0.15) is 0 Å². The average Bonchev–Trinajstić information content (AvgIpc) is 2.65. The monoisotopic (exact) mass is 353 g/mol. The summed E-state index contributed by atoms with van der Waals surface area (Å²) in [4.78, 5) is 25.4. The molecule has 3 rings (SSSR count). The summed E-state index contributed by atoms with van der Waals surface area (Å²) in [5, 5.41) is 14.0. The molecule has 0 saturated carbocycles. The molecule has 2 aromatic rings. The molecule has 6 heteroatoms. The zero-order valence-corrected chi connectivity index (χ0v) is 15.1. The summed E-state index contributed by atoms with van der Waals surface area (Å²) in [6.45, 7) is 6.04. The molecule has 1 aliphatic heterocycles. The molecular formula is C20H23N3O3. The van der Waals surface area contributed by atoms with Crippen LogP contribution < -0.4 is 5.32 Å². The van der Waals surface area contributed by atoms with Gasteiger partial charge in [0.2, 0.25) is 0 Å². The number of carbonyl (C=O) groups is 1. The van der Waals surface area contributed by atoms with Crippen LogP contribution in [0.3, 0.4) is 0 Å². The number of nitro benzene ring substituents is 1. The van der Waals surface area contributed by atoms with Crippen molar-refractivity contribution in [3.05, 3.63) is 74.8 Å². The third-order valence-electron chi connectivity index (χ3n) is 5.09. The van der Waals surface area contributed by atoms with Crippen LogP contribution >= 0.6 is 0 Å². The van der Waals surface area contributed by atoms with Gasteiger partial charge in [0.15, 0.2) is 0 Å². The first-order valence-corrected chi connectivity index (χ1v) is 8.80. The number of nitrogens with one attached hydrogen (secondary N) is 1. The fourth-order valence-corrected chi connectivity index (χ4v) is 3.43. The molecule has 1 unspecified atom stereocenters. The Morgan fingerprint density at radius 2 is 1.96 bits per heavy atom. The van der Waals surface area contributed by atoms with Crippen molar-refractivity contribution < 1.29 is 9.72 Å². The maximum atomic E-state index is 12.5. The minimum atomic E-state index is -0.458. The Labute approximate surface area is 153 Å². The molecule has 1 heterocycles. The molecule has 0 bridgehead atoms. The van der Waals surface area contributed by atoms with E-state index in [4.69, 9.17) is 0 Å². The van der Waals surface area contributed by atoms with E-state index in [1.807, 2.05) is 0 Å². The van der Waals surface area contributed by atoms with Crippen LogP contribution in [0, 0.1) is 17.0 Å². The fourth-order valence-electron chi connectivity index (χ4n) is 3.43. The van der Waals surface area contributed by atoms with Crippen molar-refractivity contribution in [1.82, 2.24) is 10.2 Å². The molecule has 0 spiro atoms. The summed E-state index contributed by atoms with van der Waals surface area (Å²) in [6, 6.07) is 13.2. The first-order chi connectivity index (χ1) is 12.5. The van der Waals surface area contributed by atoms with Gasteiger partial charge in [-0.1, -0.05) is 30.3 Å². The molecule has 1 N–H and O–H groups in total. The van der Waals surface area contributed by atoms with Gasteiger partial charge in [0.05, 0.1) is 4.92 Å². The highest BCUT2D eigenvalue weighted by atomic mass is 16.6. The zero-order chi connectivity index (χ0) is 18.7. The number of hydrogen-bond donors (Lipinski definition) is 1. The molecule has 0 fully saturated rings. The number of amides is 1. The number of hydrogen-bond acceptors (Lipinski definition) is 4. The number of fused-ring (bicyclic) bond motifs is 1. The SMILES string of the molecule is Cc1c(C(=O)NCC(C)N2CCc3ccccc3C2)cccc1[N+](=O)[O-]. The maximum absolute atomic E-state index is 12.5. The first-order valence-electron chi connectivity index (χ1n) is 8.80. The molecule has 0 aromatic heterocycles. The van der Waals surface area contributed by atoms with E-state index in [1.165, 1.54) is 17.2 Å². The third kappa shape index (κ3) is 3.75. The van der Waals surface area contributed by atoms with Crippen LogP contribution in [0.25, 0.3) is 0 Å². The molecule has 26 heavy (non-hydrogen) atoms. The summed E-state index contributed by atoms with van der Waals surface area (Å²) < 4.78 is 0. The van der Waals surface area contributed by atoms with Crippen LogP contribution in [0.4, 0.5) is 5.69 Å². The molecule has 6 nitrogen and oxygen atoms in total. The lowest BCUT2D eigenvalue weighted by Gasteiger charge is -2.33. The quantitative estimate of drug-likeness (QED) is 0.662. The van der Waals surface area contributed by atoms with Crippen LogP contribution in [0.2, 0.25) is 0 Å². The second-order valence-corrected chi connectivity index (χ2v) is 6.76. The second-order valence-electron chi connectivity index (χ2n) is 6.76. The van der Waals surface area contributed by atoms with E-state index in [-0.39, 0.29) is 17.6 Å². The Kier molecular flexibility index (Phi) is 5.32. The van der Waals surface area contributed by atoms with Crippen LogP contribution in [0.1, 0.15) is 34.0 Å². The number of carbonyl (C=O) groups excluding carboxylic acids is 1. The van der Waals surface area contributed by atoms with E-state index in [9.17, 15) is 14.9 Å². The largest absolute Gasteiger partial charge is 0.350 e. The van der Waals surface area contributed by atoms with E-state index in [1.54, 1.807) is 19.1 Å². The molecule has 1 aliphatic rings. The first kappa shape index (κ1) is 18.1.